The number of benzene rings is 2. The van der Waals surface area contributed by atoms with Crippen LogP contribution in [0.5, 0.6) is 11.5 Å². The third-order valence-corrected chi connectivity index (χ3v) is 3.58. The second kappa shape index (κ2) is 6.12. The topological polar surface area (TPSA) is 47.6 Å². The molecule has 0 aromatic heterocycles. The lowest BCUT2D eigenvalue weighted by Crippen LogP contribution is -2.21. The molecule has 1 heterocycles. The highest BCUT2D eigenvalue weighted by Gasteiger charge is 2.17. The second-order valence-corrected chi connectivity index (χ2v) is 5.26. The molecule has 0 fully saturated rings. The minimum Gasteiger partial charge on any atom is -0.497 e. The molecule has 1 amide bonds. The zero-order valence-corrected chi connectivity index (χ0v) is 12.7. The van der Waals surface area contributed by atoms with E-state index in [0.29, 0.717) is 16.3 Å². The minimum atomic E-state index is -0.198. The summed E-state index contributed by atoms with van der Waals surface area (Å²) in [5.41, 5.74) is 2.06. The zero-order valence-electron chi connectivity index (χ0n) is 11.9. The number of hydrogen-bond donors (Lipinski definition) is 1. The maximum Gasteiger partial charge on any atom is 0.255 e. The van der Waals surface area contributed by atoms with Crippen molar-refractivity contribution in [2.75, 3.05) is 19.0 Å². The first-order valence-corrected chi connectivity index (χ1v) is 7.12. The number of halogens is 1. The fraction of sp³-hybridized carbons (Fsp3) is 0.118. The van der Waals surface area contributed by atoms with Crippen LogP contribution in [0.1, 0.15) is 5.56 Å². The molecular weight excluding hydrogens is 302 g/mol. The van der Waals surface area contributed by atoms with Crippen LogP contribution in [-0.4, -0.2) is 19.6 Å². The van der Waals surface area contributed by atoms with Crippen LogP contribution in [0.25, 0.3) is 6.08 Å². The number of anilines is 1. The van der Waals surface area contributed by atoms with Gasteiger partial charge in [0.15, 0.2) is 0 Å². The molecule has 5 heteroatoms. The van der Waals surface area contributed by atoms with Gasteiger partial charge in [0.1, 0.15) is 18.1 Å². The van der Waals surface area contributed by atoms with E-state index in [1.165, 1.54) is 0 Å². The van der Waals surface area contributed by atoms with Crippen molar-refractivity contribution in [2.45, 2.75) is 0 Å². The summed E-state index contributed by atoms with van der Waals surface area (Å²) in [4.78, 5) is 12.3. The van der Waals surface area contributed by atoms with E-state index in [1.807, 2.05) is 24.3 Å². The average Bonchev–Trinajstić information content (AvgIpc) is 2.55. The highest BCUT2D eigenvalue weighted by Crippen LogP contribution is 2.30. The molecule has 4 nitrogen and oxygen atoms in total. The maximum atomic E-state index is 12.3. The van der Waals surface area contributed by atoms with Gasteiger partial charge in [0.05, 0.1) is 12.7 Å². The van der Waals surface area contributed by atoms with Crippen molar-refractivity contribution in [3.05, 3.63) is 58.6 Å². The fourth-order valence-electron chi connectivity index (χ4n) is 2.16. The third kappa shape index (κ3) is 3.07. The number of ether oxygens (including phenoxy) is 2. The van der Waals surface area contributed by atoms with Gasteiger partial charge in [-0.05, 0) is 48.5 Å². The van der Waals surface area contributed by atoms with Gasteiger partial charge in [0, 0.05) is 16.3 Å². The standard InChI is InChI=1S/C17H14ClNO3/c1-21-15-6-7-16-11(9-15)8-12(10-22-16)17(20)19-14-4-2-13(18)3-5-14/h2-9H,10H2,1H3,(H,19,20). The Morgan fingerprint density at radius 1 is 1.23 bits per heavy atom. The molecule has 0 radical (unpaired) electrons. The molecule has 0 saturated heterocycles. The Hall–Kier alpha value is -2.46. The molecule has 3 rings (SSSR count). The predicted molar refractivity (Wildman–Crippen MR) is 86.5 cm³/mol. The maximum absolute atomic E-state index is 12.3. The summed E-state index contributed by atoms with van der Waals surface area (Å²) in [5.74, 6) is 1.26. The van der Waals surface area contributed by atoms with Gasteiger partial charge in [-0.2, -0.15) is 0 Å². The number of hydrogen-bond acceptors (Lipinski definition) is 3. The van der Waals surface area contributed by atoms with Crippen LogP contribution >= 0.6 is 11.6 Å². The molecule has 0 saturated carbocycles. The molecule has 0 unspecified atom stereocenters. The molecule has 22 heavy (non-hydrogen) atoms. The van der Waals surface area contributed by atoms with Crippen LogP contribution in [0.15, 0.2) is 48.0 Å². The molecule has 0 aliphatic carbocycles. The van der Waals surface area contributed by atoms with E-state index < -0.39 is 0 Å². The number of carbonyl (C=O) groups is 1. The summed E-state index contributed by atoms with van der Waals surface area (Å²) in [6.45, 7) is 0.235. The van der Waals surface area contributed by atoms with Crippen LogP contribution in [0.3, 0.4) is 0 Å². The summed E-state index contributed by atoms with van der Waals surface area (Å²) >= 11 is 5.83. The number of methoxy groups -OCH3 is 1. The minimum absolute atomic E-state index is 0.198. The highest BCUT2D eigenvalue weighted by atomic mass is 35.5. The van der Waals surface area contributed by atoms with Gasteiger partial charge in [-0.25, -0.2) is 0 Å². The largest absolute Gasteiger partial charge is 0.497 e. The van der Waals surface area contributed by atoms with Crippen molar-refractivity contribution in [1.82, 2.24) is 0 Å². The zero-order chi connectivity index (χ0) is 15.5. The van der Waals surface area contributed by atoms with E-state index in [4.69, 9.17) is 21.1 Å². The van der Waals surface area contributed by atoms with Crippen LogP contribution in [0.4, 0.5) is 5.69 Å². The van der Waals surface area contributed by atoms with Gasteiger partial charge >= 0.3 is 0 Å². The van der Waals surface area contributed by atoms with E-state index in [9.17, 15) is 4.79 Å². The SMILES string of the molecule is COc1ccc2c(c1)C=C(C(=O)Nc1ccc(Cl)cc1)CO2. The van der Waals surface area contributed by atoms with Gasteiger partial charge in [-0.15, -0.1) is 0 Å². The van der Waals surface area contributed by atoms with Gasteiger partial charge in [0.25, 0.3) is 5.91 Å². The van der Waals surface area contributed by atoms with Gasteiger partial charge in [-0.3, -0.25) is 4.79 Å². The molecule has 1 aliphatic heterocycles. The molecular formula is C17H14ClNO3. The third-order valence-electron chi connectivity index (χ3n) is 3.32. The van der Waals surface area contributed by atoms with Crippen molar-refractivity contribution >= 4 is 29.3 Å². The summed E-state index contributed by atoms with van der Waals surface area (Å²) in [6, 6.07) is 12.4. The lowest BCUT2D eigenvalue weighted by atomic mass is 10.1. The molecule has 1 aliphatic rings. The Balaban J connectivity index is 1.80. The average molecular weight is 316 g/mol. The van der Waals surface area contributed by atoms with Gasteiger partial charge in [-0.1, -0.05) is 11.6 Å². The van der Waals surface area contributed by atoms with Crippen LogP contribution in [0, 0.1) is 0 Å². The molecule has 0 atom stereocenters. The second-order valence-electron chi connectivity index (χ2n) is 4.82. The molecule has 2 aromatic rings. The van der Waals surface area contributed by atoms with Crippen molar-refractivity contribution in [1.29, 1.82) is 0 Å². The summed E-state index contributed by atoms with van der Waals surface area (Å²) in [7, 11) is 1.60. The summed E-state index contributed by atoms with van der Waals surface area (Å²) in [5, 5.41) is 3.45. The van der Waals surface area contributed by atoms with Crippen molar-refractivity contribution in [2.24, 2.45) is 0 Å². The molecule has 0 bridgehead atoms. The normalized spacial score (nSPS) is 12.7. The highest BCUT2D eigenvalue weighted by molar-refractivity contribution is 6.30. The number of rotatable bonds is 3. The van der Waals surface area contributed by atoms with Gasteiger partial charge < -0.3 is 14.8 Å². The molecule has 0 spiro atoms. The Kier molecular flexibility index (Phi) is 4.02. The lowest BCUT2D eigenvalue weighted by Gasteiger charge is -2.18. The van der Waals surface area contributed by atoms with E-state index in [1.54, 1.807) is 31.4 Å². The van der Waals surface area contributed by atoms with Gasteiger partial charge in [0.2, 0.25) is 0 Å². The first kappa shape index (κ1) is 14.5. The van der Waals surface area contributed by atoms with Crippen molar-refractivity contribution < 1.29 is 14.3 Å². The lowest BCUT2D eigenvalue weighted by molar-refractivity contribution is -0.113. The summed E-state index contributed by atoms with van der Waals surface area (Å²) < 4.78 is 10.8. The number of nitrogens with one attached hydrogen (secondary N) is 1. The van der Waals surface area contributed by atoms with Crippen molar-refractivity contribution in [3.63, 3.8) is 0 Å². The Bertz CT molecular complexity index is 738. The molecule has 1 N–H and O–H groups in total. The Labute approximate surface area is 133 Å². The van der Waals surface area contributed by atoms with E-state index in [2.05, 4.69) is 5.32 Å². The van der Waals surface area contributed by atoms with E-state index in [-0.39, 0.29) is 12.5 Å². The first-order valence-electron chi connectivity index (χ1n) is 6.74. The van der Waals surface area contributed by atoms with Crippen molar-refractivity contribution in [3.8, 4) is 11.5 Å². The summed E-state index contributed by atoms with van der Waals surface area (Å²) in [6.07, 6.45) is 1.81. The first-order chi connectivity index (χ1) is 10.7. The fourth-order valence-corrected chi connectivity index (χ4v) is 2.28. The van der Waals surface area contributed by atoms with Crippen LogP contribution in [0.2, 0.25) is 5.02 Å². The number of fused-ring (bicyclic) bond motifs is 1. The van der Waals surface area contributed by atoms with E-state index >= 15 is 0 Å². The monoisotopic (exact) mass is 315 g/mol. The number of amides is 1. The van der Waals surface area contributed by atoms with Crippen LogP contribution in [-0.2, 0) is 4.79 Å². The molecule has 112 valence electrons. The Morgan fingerprint density at radius 3 is 2.73 bits per heavy atom. The predicted octanol–water partition coefficient (Wildman–Crippen LogP) is 3.76. The Morgan fingerprint density at radius 2 is 2.00 bits per heavy atom. The van der Waals surface area contributed by atoms with Crippen LogP contribution < -0.4 is 14.8 Å². The quantitative estimate of drug-likeness (QED) is 0.938. The molecule has 2 aromatic carbocycles. The smallest absolute Gasteiger partial charge is 0.255 e. The number of carbonyl (C=O) groups excluding carboxylic acids is 1. The van der Waals surface area contributed by atoms with E-state index in [0.717, 1.165) is 17.1 Å².